The van der Waals surface area contributed by atoms with Crippen LogP contribution in [0.4, 0.5) is 5.69 Å². The lowest BCUT2D eigenvalue weighted by Crippen LogP contribution is -2.64. The van der Waals surface area contributed by atoms with Crippen molar-refractivity contribution in [3.05, 3.63) is 134 Å². The second-order valence-electron chi connectivity index (χ2n) is 30.3. The van der Waals surface area contributed by atoms with Crippen molar-refractivity contribution in [2.75, 3.05) is 59.1 Å². The molecule has 0 aromatic heterocycles. The fourth-order valence-corrected chi connectivity index (χ4v) is 15.0. The summed E-state index contributed by atoms with van der Waals surface area (Å²) in [5.74, 6) is -18.0. The maximum atomic E-state index is 16.3. The fraction of sp³-hybridized carbons (Fsp3) is 0.425. The zero-order chi connectivity index (χ0) is 89.5. The Kier molecular flexibility index (Phi) is 29.5. The quantitative estimate of drug-likeness (QED) is 0.0271. The predicted octanol–water partition coefficient (Wildman–Crippen LogP) is -0.377. The summed E-state index contributed by atoms with van der Waals surface area (Å²) >= 11 is 14.3. The van der Waals surface area contributed by atoms with Crippen LogP contribution in [0.1, 0.15) is 115 Å². The smallest absolute Gasteiger partial charge is 0.256 e. The third-order valence-electron chi connectivity index (χ3n) is 20.8. The standard InChI is InChI=1S/C80H94Cl2N12O29/c1-31(2)19-43(86-5)72(108)93-61-63(101)34-8-12-47(40(81)21-34)119-50-23-36-24-51(68(50)123-79-69(67(105)66(104)52(29-95)121-79)122-55-28-80(4,85)70(106)32(3)118-55)120-48-13-9-35(22-41(48)82)64(102)62-78(114)92-60(74(110)87-15-16-116-17-18-117-30-54(100)88-42-10-14-49(115-6)57(65(42)103)71(84)107)39-25-37(96)26-46(98)56(39)38-20-33(7-11-45(38)97)58(75(111)94-62)91-76(112)59(36)90-73(109)44(27-53(83)99)89-77(61)113/h7-14,20-26,31-32,43-44,52,55,58-64,66-67,69-70,79,86,95-98,101-106H,15-19,27-30,85H2,1-6H3,(H2,83,99)(H2,84,107)(H,87,110)(H,88,100)(H,89,113)(H,90,109)(H,91,112)(H,92,114)(H,93,108)(H,94,111)/t32-,43-,44+,52+,55-,58-,59-,60-,61-,62+,63-,64-,66-,67+,69+,70-,79?,80+/m1/s1. The van der Waals surface area contributed by atoms with Gasteiger partial charge in [0, 0.05) is 35.7 Å². The van der Waals surface area contributed by atoms with Crippen molar-refractivity contribution in [3.8, 4) is 68.6 Å². The van der Waals surface area contributed by atoms with Crippen LogP contribution in [0.15, 0.2) is 91.0 Å². The van der Waals surface area contributed by atoms with Gasteiger partial charge >= 0.3 is 0 Å². The van der Waals surface area contributed by atoms with Crippen molar-refractivity contribution in [1.82, 2.24) is 42.5 Å². The van der Waals surface area contributed by atoms with E-state index in [-0.39, 0.29) is 89.6 Å². The average molecular weight is 1760 g/mol. The Balaban J connectivity index is 1.03. The normalized spacial score (nSPS) is 26.1. The first-order chi connectivity index (χ1) is 58.3. The molecule has 10 amide bonds. The predicted molar refractivity (Wildman–Crippen MR) is 428 cm³/mol. The molecule has 123 heavy (non-hydrogen) atoms. The van der Waals surface area contributed by atoms with Crippen LogP contribution in [0.5, 0.6) is 57.5 Å². The summed E-state index contributed by atoms with van der Waals surface area (Å²) in [5, 5.41) is 138. The van der Waals surface area contributed by atoms with Crippen molar-refractivity contribution >= 4 is 88.0 Å². The number of carbonyl (C=O) groups excluding carboxylic acids is 10. The van der Waals surface area contributed by atoms with E-state index in [1.165, 1.54) is 52.3 Å². The zero-order valence-electron chi connectivity index (χ0n) is 66.6. The second-order valence-corrected chi connectivity index (χ2v) is 31.1. The summed E-state index contributed by atoms with van der Waals surface area (Å²) in [5.41, 5.74) is 12.9. The monoisotopic (exact) mass is 1760 g/mol. The fourth-order valence-electron chi connectivity index (χ4n) is 14.5. The lowest BCUT2D eigenvalue weighted by Gasteiger charge is -2.47. The van der Waals surface area contributed by atoms with Gasteiger partial charge in [-0.05, 0) is 128 Å². The van der Waals surface area contributed by atoms with Crippen molar-refractivity contribution in [3.63, 3.8) is 0 Å². The molecule has 662 valence electrons. The van der Waals surface area contributed by atoms with Gasteiger partial charge in [0.15, 0.2) is 29.6 Å². The van der Waals surface area contributed by atoms with E-state index in [1.54, 1.807) is 0 Å². The molecule has 41 nitrogen and oxygen atoms in total. The topological polar surface area (TPSA) is 642 Å². The summed E-state index contributed by atoms with van der Waals surface area (Å²) in [7, 11) is 2.70. The lowest BCUT2D eigenvalue weighted by molar-refractivity contribution is -0.333. The number of methoxy groups -OCH3 is 1. The van der Waals surface area contributed by atoms with Gasteiger partial charge in [-0.3, -0.25) is 47.9 Å². The molecule has 0 aliphatic carbocycles. The van der Waals surface area contributed by atoms with Gasteiger partial charge in [0.05, 0.1) is 73.9 Å². The summed E-state index contributed by atoms with van der Waals surface area (Å²) in [6, 6.07) is 1.94. The number of halogens is 2. The van der Waals surface area contributed by atoms with Crippen LogP contribution in [0.3, 0.4) is 0 Å². The maximum absolute atomic E-state index is 16.3. The number of benzene rings is 6. The van der Waals surface area contributed by atoms with Crippen molar-refractivity contribution < 1.29 is 142 Å². The molecule has 1 unspecified atom stereocenters. The van der Waals surface area contributed by atoms with Crippen LogP contribution >= 0.6 is 23.2 Å². The van der Waals surface area contributed by atoms with E-state index < -0.39 is 261 Å². The third-order valence-corrected chi connectivity index (χ3v) is 21.4. The molecule has 2 fully saturated rings. The molecule has 6 aromatic carbocycles. The molecule has 7 heterocycles. The molecular weight excluding hydrogens is 1660 g/mol. The molecule has 11 bridgehead atoms. The van der Waals surface area contributed by atoms with E-state index >= 15 is 19.2 Å². The number of fused-ring (bicyclic) bond motifs is 15. The highest BCUT2D eigenvalue weighted by atomic mass is 35.5. The van der Waals surface area contributed by atoms with E-state index in [1.807, 2.05) is 13.8 Å². The number of anilines is 1. The minimum atomic E-state index is -2.39. The largest absolute Gasteiger partial charge is 0.508 e. The number of amides is 10. The molecule has 43 heteroatoms. The van der Waals surface area contributed by atoms with Crippen LogP contribution in [-0.2, 0) is 66.8 Å². The number of phenols is 4. The number of ether oxygens (including phenoxy) is 9. The van der Waals surface area contributed by atoms with Gasteiger partial charge in [0.25, 0.3) is 5.91 Å². The summed E-state index contributed by atoms with van der Waals surface area (Å²) in [4.78, 5) is 145. The number of phenolic OH excluding ortho intramolecular Hbond substituents is 3. The number of aromatic hydroxyl groups is 4. The van der Waals surface area contributed by atoms with E-state index in [0.717, 1.165) is 66.7 Å². The highest BCUT2D eigenvalue weighted by Gasteiger charge is 2.52. The van der Waals surface area contributed by atoms with Gasteiger partial charge in [0.1, 0.15) is 113 Å². The first kappa shape index (κ1) is 92.2. The molecule has 0 saturated carbocycles. The summed E-state index contributed by atoms with van der Waals surface area (Å²) < 4.78 is 54.7. The van der Waals surface area contributed by atoms with Crippen LogP contribution in [0.2, 0.25) is 10.0 Å². The minimum absolute atomic E-state index is 0.0526. The number of nitrogens with one attached hydrogen (secondary N) is 9. The Morgan fingerprint density at radius 3 is 1.94 bits per heavy atom. The van der Waals surface area contributed by atoms with Crippen LogP contribution in [0, 0.1) is 5.92 Å². The summed E-state index contributed by atoms with van der Waals surface area (Å²) in [6.45, 7) is 3.90. The van der Waals surface area contributed by atoms with Gasteiger partial charge in [-0.1, -0.05) is 55.2 Å². The van der Waals surface area contributed by atoms with Crippen molar-refractivity contribution in [1.29, 1.82) is 0 Å². The Hall–Kier alpha value is -11.5. The summed E-state index contributed by atoms with van der Waals surface area (Å²) in [6.07, 6.45) is -18.9. The number of aliphatic hydroxyl groups is 6. The van der Waals surface area contributed by atoms with Gasteiger partial charge < -0.3 is 159 Å². The molecule has 7 aliphatic rings. The van der Waals surface area contributed by atoms with E-state index in [9.17, 15) is 79.8 Å². The number of hydrogen-bond acceptors (Lipinski definition) is 31. The molecule has 2 saturated heterocycles. The third kappa shape index (κ3) is 21.1. The van der Waals surface area contributed by atoms with Gasteiger partial charge in [-0.25, -0.2) is 0 Å². The highest BCUT2D eigenvalue weighted by molar-refractivity contribution is 6.32. The molecule has 18 atom stereocenters. The number of primary amides is 2. The Bertz CT molecular complexity index is 5030. The zero-order valence-corrected chi connectivity index (χ0v) is 68.1. The van der Waals surface area contributed by atoms with E-state index in [4.69, 9.17) is 83.0 Å². The average Bonchev–Trinajstić information content (AvgIpc) is 0.794. The number of nitrogens with two attached hydrogens (primary N) is 3. The Morgan fingerprint density at radius 2 is 1.33 bits per heavy atom. The molecule has 6 aromatic rings. The molecule has 13 rings (SSSR count). The SMILES string of the molecule is CN[C@H](CC(C)C)C(=O)N[C@H]1C(=O)N[C@@H](CC(N)=O)C(=O)N[C@H]2C(=O)N[C@H]3C(=O)N[C@H](C(=O)N[C@@H](C(=O)NCCOCCOCC(=O)Nc4ccc(OC)c(C(N)=O)c4O)c4cc(O)cc(O)c4-c4cc3ccc4O)[C@H](O)c3ccc(c(Cl)c3)Oc3cc2cc(c3OC2O[C@@H](CO)[C@@H](O)[C@H](O)[C@@H]2O[C@@H]2C[C@](C)(N)[C@H](O)[C@@H](C)O2)Oc2ccc(cc2Cl)[C@H]1O. The number of aliphatic hydroxyl groups excluding tert-OH is 6. The minimum Gasteiger partial charge on any atom is -0.508 e. The van der Waals surface area contributed by atoms with Crippen molar-refractivity contribution in [2.24, 2.45) is 23.1 Å². The molecule has 0 radical (unpaired) electrons. The second kappa shape index (κ2) is 39.3. The Labute approximate surface area is 710 Å². The van der Waals surface area contributed by atoms with Crippen molar-refractivity contribution in [2.45, 2.75) is 156 Å². The number of rotatable bonds is 24. The lowest BCUT2D eigenvalue weighted by atomic mass is 9.86. The number of carbonyl (C=O) groups is 10. The molecular formula is C80H94Cl2N12O29. The highest BCUT2D eigenvalue weighted by Crippen LogP contribution is 2.50. The first-order valence-corrected chi connectivity index (χ1v) is 39.2. The Morgan fingerprint density at radius 1 is 0.691 bits per heavy atom. The molecule has 7 aliphatic heterocycles. The molecule has 0 spiro atoms. The van der Waals surface area contributed by atoms with Gasteiger partial charge in [-0.2, -0.15) is 0 Å². The maximum Gasteiger partial charge on any atom is 0.256 e. The van der Waals surface area contributed by atoms with Crippen LogP contribution in [-0.4, -0.2) is 243 Å². The first-order valence-electron chi connectivity index (χ1n) is 38.5. The molecule has 25 N–H and O–H groups in total. The van der Waals surface area contributed by atoms with Gasteiger partial charge in [0.2, 0.25) is 65.2 Å². The van der Waals surface area contributed by atoms with E-state index in [2.05, 4.69) is 47.9 Å². The number of likely N-dealkylation sites (N-methyl/N-ethyl adjacent to an activating group) is 1. The van der Waals surface area contributed by atoms with Crippen LogP contribution in [0.25, 0.3) is 11.1 Å². The van der Waals surface area contributed by atoms with E-state index in [0.29, 0.717) is 0 Å². The number of hydrogen-bond donors (Lipinski definition) is 22. The van der Waals surface area contributed by atoms with Crippen LogP contribution < -0.4 is 84.0 Å². The van der Waals surface area contributed by atoms with Gasteiger partial charge in [-0.15, -0.1) is 0 Å².